The number of carbonyl (C=O) groups is 1. The second-order valence-corrected chi connectivity index (χ2v) is 4.80. The molecule has 1 amide bonds. The Bertz CT molecular complexity index is 824. The van der Waals surface area contributed by atoms with Crippen LogP contribution in [-0.4, -0.2) is 17.5 Å². The quantitative estimate of drug-likeness (QED) is 0.795. The van der Waals surface area contributed by atoms with E-state index in [4.69, 9.17) is 9.15 Å². The van der Waals surface area contributed by atoms with Crippen LogP contribution in [0.1, 0.15) is 23.2 Å². The zero-order valence-electron chi connectivity index (χ0n) is 12.4. The van der Waals surface area contributed by atoms with Gasteiger partial charge in [0, 0.05) is 12.6 Å². The molecular formula is C17H16N2O3. The topological polar surface area (TPSA) is 64.4 Å². The van der Waals surface area contributed by atoms with E-state index in [1.165, 1.54) is 0 Å². The Hall–Kier alpha value is -2.82. The molecule has 22 heavy (non-hydrogen) atoms. The van der Waals surface area contributed by atoms with E-state index in [0.29, 0.717) is 40.6 Å². The van der Waals surface area contributed by atoms with E-state index in [0.717, 1.165) is 0 Å². The van der Waals surface area contributed by atoms with E-state index in [-0.39, 0.29) is 5.91 Å². The van der Waals surface area contributed by atoms with E-state index in [9.17, 15) is 4.79 Å². The minimum Gasteiger partial charge on any atom is -0.493 e. The number of fused-ring (bicyclic) bond motifs is 1. The molecule has 0 radical (unpaired) electrons. The number of aromatic nitrogens is 1. The van der Waals surface area contributed by atoms with Crippen molar-refractivity contribution in [1.82, 2.24) is 4.98 Å². The van der Waals surface area contributed by atoms with Crippen molar-refractivity contribution in [1.29, 1.82) is 0 Å². The van der Waals surface area contributed by atoms with Crippen LogP contribution in [0, 0.1) is 6.92 Å². The molecule has 0 atom stereocenters. The summed E-state index contributed by atoms with van der Waals surface area (Å²) in [7, 11) is 0. The highest BCUT2D eigenvalue weighted by molar-refractivity contribution is 6.06. The lowest BCUT2D eigenvalue weighted by Gasteiger charge is -2.10. The number of aryl methyl sites for hydroxylation is 1. The van der Waals surface area contributed by atoms with E-state index in [1.54, 1.807) is 37.3 Å². The van der Waals surface area contributed by atoms with Gasteiger partial charge in [-0.25, -0.2) is 4.98 Å². The van der Waals surface area contributed by atoms with Gasteiger partial charge in [-0.3, -0.25) is 4.79 Å². The van der Waals surface area contributed by atoms with Gasteiger partial charge < -0.3 is 14.5 Å². The number of amides is 1. The van der Waals surface area contributed by atoms with Crippen molar-refractivity contribution in [2.75, 3.05) is 11.9 Å². The van der Waals surface area contributed by atoms with Gasteiger partial charge in [0.25, 0.3) is 5.91 Å². The molecule has 5 heteroatoms. The highest BCUT2D eigenvalue weighted by Gasteiger charge is 2.13. The van der Waals surface area contributed by atoms with Crippen LogP contribution in [0.3, 0.4) is 0 Å². The number of nitrogens with zero attached hydrogens (tertiary/aromatic N) is 1. The second-order valence-electron chi connectivity index (χ2n) is 4.80. The van der Waals surface area contributed by atoms with Crippen molar-refractivity contribution in [3.05, 3.63) is 53.9 Å². The largest absolute Gasteiger partial charge is 0.493 e. The zero-order valence-corrected chi connectivity index (χ0v) is 12.4. The van der Waals surface area contributed by atoms with Crippen LogP contribution in [0.4, 0.5) is 5.69 Å². The SMILES string of the molecule is CCOc1ccccc1C(=O)Nc1ccc2oc(C)nc2c1. The number of oxazole rings is 1. The van der Waals surface area contributed by atoms with Crippen molar-refractivity contribution in [2.24, 2.45) is 0 Å². The Kier molecular flexibility index (Phi) is 3.78. The van der Waals surface area contributed by atoms with Crippen molar-refractivity contribution < 1.29 is 13.9 Å². The number of hydrogen-bond acceptors (Lipinski definition) is 4. The molecule has 0 fully saturated rings. The molecule has 2 aromatic carbocycles. The summed E-state index contributed by atoms with van der Waals surface area (Å²) >= 11 is 0. The lowest BCUT2D eigenvalue weighted by atomic mass is 10.2. The third kappa shape index (κ3) is 2.79. The van der Waals surface area contributed by atoms with Crippen molar-refractivity contribution in [3.8, 4) is 5.75 Å². The standard InChI is InChI=1S/C17H16N2O3/c1-3-21-15-7-5-4-6-13(15)17(20)19-12-8-9-16-14(10-12)18-11(2)22-16/h4-10H,3H2,1-2H3,(H,19,20). The summed E-state index contributed by atoms with van der Waals surface area (Å²) in [4.78, 5) is 16.7. The Morgan fingerprint density at radius 1 is 1.27 bits per heavy atom. The molecule has 0 bridgehead atoms. The maximum Gasteiger partial charge on any atom is 0.259 e. The molecule has 0 spiro atoms. The molecule has 0 saturated carbocycles. The molecular weight excluding hydrogens is 280 g/mol. The molecule has 1 N–H and O–H groups in total. The maximum absolute atomic E-state index is 12.4. The highest BCUT2D eigenvalue weighted by atomic mass is 16.5. The van der Waals surface area contributed by atoms with E-state index >= 15 is 0 Å². The molecule has 5 nitrogen and oxygen atoms in total. The van der Waals surface area contributed by atoms with E-state index < -0.39 is 0 Å². The Balaban J connectivity index is 1.86. The molecule has 3 rings (SSSR count). The molecule has 1 aromatic heterocycles. The lowest BCUT2D eigenvalue weighted by molar-refractivity contribution is 0.102. The fraction of sp³-hybridized carbons (Fsp3) is 0.176. The number of anilines is 1. The van der Waals surface area contributed by atoms with E-state index in [2.05, 4.69) is 10.3 Å². The van der Waals surface area contributed by atoms with Gasteiger partial charge in [0.05, 0.1) is 12.2 Å². The summed E-state index contributed by atoms with van der Waals surface area (Å²) in [5.74, 6) is 0.949. The molecule has 112 valence electrons. The number of hydrogen-bond donors (Lipinski definition) is 1. The van der Waals surface area contributed by atoms with Gasteiger partial charge in [-0.15, -0.1) is 0 Å². The van der Waals surface area contributed by atoms with Gasteiger partial charge in [0.1, 0.15) is 11.3 Å². The van der Waals surface area contributed by atoms with Crippen LogP contribution in [0.2, 0.25) is 0 Å². The van der Waals surface area contributed by atoms with Gasteiger partial charge in [-0.05, 0) is 37.3 Å². The van der Waals surface area contributed by atoms with Gasteiger partial charge in [0.2, 0.25) is 0 Å². The number of rotatable bonds is 4. The molecule has 0 saturated heterocycles. The Morgan fingerprint density at radius 2 is 2.09 bits per heavy atom. The number of benzene rings is 2. The predicted octanol–water partition coefficient (Wildman–Crippen LogP) is 3.79. The van der Waals surface area contributed by atoms with E-state index in [1.807, 2.05) is 19.1 Å². The molecule has 0 aliphatic heterocycles. The molecule has 3 aromatic rings. The Labute approximate surface area is 127 Å². The summed E-state index contributed by atoms with van der Waals surface area (Å²) in [6, 6.07) is 12.5. The summed E-state index contributed by atoms with van der Waals surface area (Å²) in [6.07, 6.45) is 0. The van der Waals surface area contributed by atoms with Gasteiger partial charge >= 0.3 is 0 Å². The first-order chi connectivity index (χ1) is 10.7. The van der Waals surface area contributed by atoms with Crippen LogP contribution in [0.15, 0.2) is 46.9 Å². The number of ether oxygens (including phenoxy) is 1. The first-order valence-electron chi connectivity index (χ1n) is 7.07. The third-order valence-electron chi connectivity index (χ3n) is 3.18. The fourth-order valence-electron chi connectivity index (χ4n) is 2.25. The van der Waals surface area contributed by atoms with Crippen LogP contribution in [0.5, 0.6) is 5.75 Å². The van der Waals surface area contributed by atoms with Crippen LogP contribution >= 0.6 is 0 Å². The average molecular weight is 296 g/mol. The minimum atomic E-state index is -0.219. The normalized spacial score (nSPS) is 10.6. The highest BCUT2D eigenvalue weighted by Crippen LogP contribution is 2.22. The maximum atomic E-state index is 12.4. The first-order valence-corrected chi connectivity index (χ1v) is 7.07. The number of carbonyl (C=O) groups excluding carboxylic acids is 1. The molecule has 0 aliphatic rings. The third-order valence-corrected chi connectivity index (χ3v) is 3.18. The van der Waals surface area contributed by atoms with Gasteiger partial charge in [-0.2, -0.15) is 0 Å². The fourth-order valence-corrected chi connectivity index (χ4v) is 2.25. The van der Waals surface area contributed by atoms with Crippen LogP contribution < -0.4 is 10.1 Å². The monoisotopic (exact) mass is 296 g/mol. The second kappa shape index (κ2) is 5.89. The van der Waals surface area contributed by atoms with Gasteiger partial charge in [0.15, 0.2) is 11.5 Å². The van der Waals surface area contributed by atoms with Crippen molar-refractivity contribution >= 4 is 22.7 Å². The molecule has 0 aliphatic carbocycles. The van der Waals surface area contributed by atoms with Gasteiger partial charge in [-0.1, -0.05) is 12.1 Å². The minimum absolute atomic E-state index is 0.219. The summed E-state index contributed by atoms with van der Waals surface area (Å²) < 4.78 is 10.9. The Morgan fingerprint density at radius 3 is 2.91 bits per heavy atom. The molecule has 1 heterocycles. The van der Waals surface area contributed by atoms with Crippen LogP contribution in [-0.2, 0) is 0 Å². The predicted molar refractivity (Wildman–Crippen MR) is 84.3 cm³/mol. The lowest BCUT2D eigenvalue weighted by Crippen LogP contribution is -2.13. The van der Waals surface area contributed by atoms with Crippen molar-refractivity contribution in [3.63, 3.8) is 0 Å². The zero-order chi connectivity index (χ0) is 15.5. The number of nitrogens with one attached hydrogen (secondary N) is 1. The summed E-state index contributed by atoms with van der Waals surface area (Å²) in [5.41, 5.74) is 2.58. The molecule has 0 unspecified atom stereocenters. The van der Waals surface area contributed by atoms with Crippen molar-refractivity contribution in [2.45, 2.75) is 13.8 Å². The average Bonchev–Trinajstić information content (AvgIpc) is 2.87. The summed E-state index contributed by atoms with van der Waals surface area (Å²) in [6.45, 7) is 4.18. The first kappa shape index (κ1) is 14.1. The number of para-hydroxylation sites is 1. The summed E-state index contributed by atoms with van der Waals surface area (Å²) in [5, 5.41) is 2.86. The van der Waals surface area contributed by atoms with Crippen LogP contribution in [0.25, 0.3) is 11.1 Å². The smallest absolute Gasteiger partial charge is 0.259 e.